The summed E-state index contributed by atoms with van der Waals surface area (Å²) in [4.78, 5) is 10.9. The third kappa shape index (κ3) is 5.39. The molecule has 3 nitrogen and oxygen atoms in total. The zero-order valence-corrected chi connectivity index (χ0v) is 11.3. The molecule has 0 saturated heterocycles. The number of hydrogen-bond donors (Lipinski definition) is 2. The summed E-state index contributed by atoms with van der Waals surface area (Å²) in [7, 11) is 0. The normalized spacial score (nSPS) is 14.1. The van der Waals surface area contributed by atoms with Gasteiger partial charge in [-0.3, -0.25) is 4.79 Å². The number of nitrogens with two attached hydrogens (primary N) is 1. The highest BCUT2D eigenvalue weighted by Gasteiger charge is 2.18. The molecule has 0 aliphatic heterocycles. The molecule has 0 radical (unpaired) electrons. The third-order valence-corrected chi connectivity index (χ3v) is 3.42. The largest absolute Gasteiger partial charge is 0.481 e. The molecule has 0 heterocycles. The molecule has 0 aromatic heterocycles. The van der Waals surface area contributed by atoms with Crippen LogP contribution in [-0.2, 0) is 11.2 Å². The first-order valence-electron chi connectivity index (χ1n) is 6.70. The molecule has 3 N–H and O–H groups in total. The number of hydrogen-bond acceptors (Lipinski definition) is 2. The summed E-state index contributed by atoms with van der Waals surface area (Å²) in [6.45, 7) is 2.19. The second kappa shape index (κ2) is 7.89. The van der Waals surface area contributed by atoms with Crippen molar-refractivity contribution < 1.29 is 14.3 Å². The second-order valence-electron chi connectivity index (χ2n) is 5.10. The average molecular weight is 267 g/mol. The van der Waals surface area contributed by atoms with E-state index in [0.29, 0.717) is 12.8 Å². The maximum absolute atomic E-state index is 13.4. The second-order valence-corrected chi connectivity index (χ2v) is 5.10. The van der Waals surface area contributed by atoms with Gasteiger partial charge in [-0.2, -0.15) is 0 Å². The minimum atomic E-state index is -0.830. The van der Waals surface area contributed by atoms with E-state index in [0.717, 1.165) is 18.4 Å². The predicted octanol–water partition coefficient (Wildman–Crippen LogP) is 2.83. The Labute approximate surface area is 113 Å². The van der Waals surface area contributed by atoms with E-state index in [-0.39, 0.29) is 18.3 Å². The molecule has 1 aromatic carbocycles. The number of aryl methyl sites for hydroxylation is 1. The van der Waals surface area contributed by atoms with Crippen molar-refractivity contribution in [1.82, 2.24) is 0 Å². The highest BCUT2D eigenvalue weighted by atomic mass is 19.1. The van der Waals surface area contributed by atoms with Gasteiger partial charge in [0.15, 0.2) is 0 Å². The maximum Gasteiger partial charge on any atom is 0.307 e. The molecular formula is C15H22FNO2. The van der Waals surface area contributed by atoms with Gasteiger partial charge in [0.05, 0.1) is 5.92 Å². The van der Waals surface area contributed by atoms with E-state index in [1.807, 2.05) is 13.0 Å². The maximum atomic E-state index is 13.4. The Hall–Kier alpha value is -1.42. The third-order valence-electron chi connectivity index (χ3n) is 3.42. The van der Waals surface area contributed by atoms with E-state index in [2.05, 4.69) is 0 Å². The summed E-state index contributed by atoms with van der Waals surface area (Å²) in [5.41, 5.74) is 6.16. The van der Waals surface area contributed by atoms with Gasteiger partial charge in [-0.1, -0.05) is 31.5 Å². The van der Waals surface area contributed by atoms with Gasteiger partial charge in [-0.05, 0) is 36.8 Å². The summed E-state index contributed by atoms with van der Waals surface area (Å²) in [6.07, 6.45) is 3.03. The van der Waals surface area contributed by atoms with Crippen LogP contribution in [0.3, 0.4) is 0 Å². The van der Waals surface area contributed by atoms with Crippen LogP contribution < -0.4 is 5.73 Å². The fourth-order valence-electron chi connectivity index (χ4n) is 2.24. The molecule has 0 aliphatic rings. The van der Waals surface area contributed by atoms with Crippen LogP contribution in [0, 0.1) is 17.7 Å². The van der Waals surface area contributed by atoms with Crippen molar-refractivity contribution in [3.8, 4) is 0 Å². The molecule has 19 heavy (non-hydrogen) atoms. The molecule has 0 unspecified atom stereocenters. The molecule has 0 bridgehead atoms. The Bertz CT molecular complexity index is 409. The highest BCUT2D eigenvalue weighted by Crippen LogP contribution is 2.19. The van der Waals surface area contributed by atoms with Crippen LogP contribution >= 0.6 is 0 Å². The smallest absolute Gasteiger partial charge is 0.307 e. The fourth-order valence-corrected chi connectivity index (χ4v) is 2.24. The fraction of sp³-hybridized carbons (Fsp3) is 0.533. The van der Waals surface area contributed by atoms with E-state index in [4.69, 9.17) is 10.8 Å². The van der Waals surface area contributed by atoms with Crippen LogP contribution in [0.25, 0.3) is 0 Å². The molecule has 2 atom stereocenters. The lowest BCUT2D eigenvalue weighted by Crippen LogP contribution is -2.25. The first kappa shape index (κ1) is 15.6. The number of carboxylic acid groups (broad SMARTS) is 1. The molecule has 0 spiro atoms. The molecule has 1 aromatic rings. The highest BCUT2D eigenvalue weighted by molar-refractivity contribution is 5.70. The number of halogens is 1. The molecule has 0 amide bonds. The number of rotatable bonds is 8. The van der Waals surface area contributed by atoms with Crippen molar-refractivity contribution in [1.29, 1.82) is 0 Å². The van der Waals surface area contributed by atoms with Crippen LogP contribution in [0.4, 0.5) is 4.39 Å². The van der Waals surface area contributed by atoms with Gasteiger partial charge in [0, 0.05) is 6.54 Å². The van der Waals surface area contributed by atoms with Crippen LogP contribution in [-0.4, -0.2) is 17.6 Å². The van der Waals surface area contributed by atoms with E-state index >= 15 is 0 Å². The lowest BCUT2D eigenvalue weighted by Gasteiger charge is -2.16. The van der Waals surface area contributed by atoms with Gasteiger partial charge in [-0.25, -0.2) is 4.39 Å². The molecule has 106 valence electrons. The zero-order chi connectivity index (χ0) is 14.3. The summed E-state index contributed by atoms with van der Waals surface area (Å²) >= 11 is 0. The number of carboxylic acids is 1. The van der Waals surface area contributed by atoms with Crippen molar-refractivity contribution in [2.24, 2.45) is 17.6 Å². The average Bonchev–Trinajstić information content (AvgIpc) is 2.38. The monoisotopic (exact) mass is 267 g/mol. The summed E-state index contributed by atoms with van der Waals surface area (Å²) in [5, 5.41) is 8.93. The van der Waals surface area contributed by atoms with Gasteiger partial charge in [0.25, 0.3) is 0 Å². The predicted molar refractivity (Wildman–Crippen MR) is 73.3 cm³/mol. The quantitative estimate of drug-likeness (QED) is 0.761. The summed E-state index contributed by atoms with van der Waals surface area (Å²) in [6, 6.07) is 6.77. The van der Waals surface area contributed by atoms with E-state index in [1.54, 1.807) is 12.1 Å². The molecule has 0 saturated carbocycles. The van der Waals surface area contributed by atoms with Gasteiger partial charge >= 0.3 is 5.97 Å². The summed E-state index contributed by atoms with van der Waals surface area (Å²) < 4.78 is 13.4. The van der Waals surface area contributed by atoms with E-state index in [9.17, 15) is 9.18 Å². The van der Waals surface area contributed by atoms with E-state index < -0.39 is 11.9 Å². The van der Waals surface area contributed by atoms with Gasteiger partial charge in [0.1, 0.15) is 5.82 Å². The topological polar surface area (TPSA) is 63.3 Å². The Morgan fingerprint density at radius 2 is 2.11 bits per heavy atom. The van der Waals surface area contributed by atoms with Crippen LogP contribution in [0.5, 0.6) is 0 Å². The van der Waals surface area contributed by atoms with Crippen LogP contribution in [0.15, 0.2) is 24.3 Å². The first-order valence-corrected chi connectivity index (χ1v) is 6.70. The Balaban J connectivity index is 2.33. The van der Waals surface area contributed by atoms with Gasteiger partial charge in [0.2, 0.25) is 0 Å². The van der Waals surface area contributed by atoms with Gasteiger partial charge < -0.3 is 10.8 Å². The SMILES string of the molecule is C[C@@H](CCCc1ccccc1F)C[C@H](CN)C(=O)O. The first-order chi connectivity index (χ1) is 9.04. The van der Waals surface area contributed by atoms with Crippen LogP contribution in [0.2, 0.25) is 0 Å². The lowest BCUT2D eigenvalue weighted by molar-refractivity contribution is -0.141. The Morgan fingerprint density at radius 1 is 1.42 bits per heavy atom. The number of aliphatic carboxylic acids is 1. The Kier molecular flexibility index (Phi) is 6.50. The van der Waals surface area contributed by atoms with Crippen molar-refractivity contribution in [3.05, 3.63) is 35.6 Å². The lowest BCUT2D eigenvalue weighted by atomic mass is 9.91. The van der Waals surface area contributed by atoms with Crippen LogP contribution in [0.1, 0.15) is 31.7 Å². The molecule has 4 heteroatoms. The number of carbonyl (C=O) groups is 1. The molecular weight excluding hydrogens is 245 g/mol. The standard InChI is InChI=1S/C15H22FNO2/c1-11(9-13(10-17)15(18)19)5-4-7-12-6-2-3-8-14(12)16/h2-3,6,8,11,13H,4-5,7,9-10,17H2,1H3,(H,18,19)/t11-,13+/m0/s1. The zero-order valence-electron chi connectivity index (χ0n) is 11.3. The van der Waals surface area contributed by atoms with Crippen molar-refractivity contribution in [3.63, 3.8) is 0 Å². The van der Waals surface area contributed by atoms with Crippen molar-refractivity contribution in [2.45, 2.75) is 32.6 Å². The number of benzene rings is 1. The minimum Gasteiger partial charge on any atom is -0.481 e. The van der Waals surface area contributed by atoms with Gasteiger partial charge in [-0.15, -0.1) is 0 Å². The molecule has 0 fully saturated rings. The van der Waals surface area contributed by atoms with Crippen molar-refractivity contribution >= 4 is 5.97 Å². The molecule has 1 rings (SSSR count). The minimum absolute atomic E-state index is 0.166. The summed E-state index contributed by atoms with van der Waals surface area (Å²) in [5.74, 6) is -1.18. The Morgan fingerprint density at radius 3 is 2.68 bits per heavy atom. The van der Waals surface area contributed by atoms with Crippen molar-refractivity contribution in [2.75, 3.05) is 6.54 Å². The molecule has 0 aliphatic carbocycles. The van der Waals surface area contributed by atoms with E-state index in [1.165, 1.54) is 6.07 Å².